The van der Waals surface area contributed by atoms with Gasteiger partial charge < -0.3 is 10.5 Å². The van der Waals surface area contributed by atoms with Crippen molar-refractivity contribution >= 4 is 6.29 Å². The van der Waals surface area contributed by atoms with E-state index in [0.29, 0.717) is 5.92 Å². The summed E-state index contributed by atoms with van der Waals surface area (Å²) in [7, 11) is 0. The Morgan fingerprint density at radius 1 is 1.64 bits per heavy atom. The highest BCUT2D eigenvalue weighted by molar-refractivity contribution is 5.57. The van der Waals surface area contributed by atoms with E-state index in [4.69, 9.17) is 5.73 Å². The second-order valence-corrected chi connectivity index (χ2v) is 2.84. The van der Waals surface area contributed by atoms with Gasteiger partial charge in [0.2, 0.25) is 0 Å². The topological polar surface area (TPSA) is 43.1 Å². The number of rotatable bonds is 3. The van der Waals surface area contributed by atoms with Crippen LogP contribution >= 0.6 is 0 Å². The van der Waals surface area contributed by atoms with Gasteiger partial charge in [-0.2, -0.15) is 0 Å². The van der Waals surface area contributed by atoms with Crippen molar-refractivity contribution in [3.63, 3.8) is 0 Å². The molecule has 0 spiro atoms. The number of aldehydes is 1. The normalized spacial score (nSPS) is 25.0. The maximum Gasteiger partial charge on any atom is 0.136 e. The summed E-state index contributed by atoms with van der Waals surface area (Å²) < 4.78 is 0. The third-order valence-corrected chi connectivity index (χ3v) is 1.82. The van der Waals surface area contributed by atoms with Gasteiger partial charge in [-0.15, -0.1) is 0 Å². The molecule has 1 aliphatic carbocycles. The van der Waals surface area contributed by atoms with E-state index in [1.807, 2.05) is 12.2 Å². The van der Waals surface area contributed by atoms with Crippen molar-refractivity contribution < 1.29 is 4.79 Å². The average Bonchev–Trinajstić information content (AvgIpc) is 2.06. The Bertz CT molecular complexity index is 184. The molecule has 0 aromatic carbocycles. The smallest absolute Gasteiger partial charge is 0.136 e. The number of hydrogen-bond acceptors (Lipinski definition) is 2. The highest BCUT2D eigenvalue weighted by Gasteiger charge is 2.09. The van der Waals surface area contributed by atoms with E-state index in [2.05, 4.69) is 12.2 Å². The standard InChI is InChI=1S/C9H13NO/c10-9(7-11)6-8-4-2-1-3-5-8/h1-4,7-9H,5-6,10H2. The summed E-state index contributed by atoms with van der Waals surface area (Å²) in [6.45, 7) is 0. The molecule has 0 aliphatic heterocycles. The van der Waals surface area contributed by atoms with Crippen LogP contribution in [0.3, 0.4) is 0 Å². The monoisotopic (exact) mass is 151 g/mol. The van der Waals surface area contributed by atoms with Gasteiger partial charge in [0.15, 0.2) is 0 Å². The average molecular weight is 151 g/mol. The van der Waals surface area contributed by atoms with E-state index in [1.165, 1.54) is 0 Å². The molecule has 2 nitrogen and oxygen atoms in total. The van der Waals surface area contributed by atoms with Crippen LogP contribution < -0.4 is 5.73 Å². The zero-order valence-corrected chi connectivity index (χ0v) is 6.44. The highest BCUT2D eigenvalue weighted by Crippen LogP contribution is 2.15. The van der Waals surface area contributed by atoms with Gasteiger partial charge in [0.1, 0.15) is 6.29 Å². The Morgan fingerprint density at radius 2 is 2.45 bits per heavy atom. The molecule has 2 unspecified atom stereocenters. The van der Waals surface area contributed by atoms with Crippen molar-refractivity contribution in [2.75, 3.05) is 0 Å². The van der Waals surface area contributed by atoms with Crippen molar-refractivity contribution in [2.24, 2.45) is 11.7 Å². The zero-order chi connectivity index (χ0) is 8.10. The molecule has 0 fully saturated rings. The van der Waals surface area contributed by atoms with Gasteiger partial charge in [-0.05, 0) is 18.8 Å². The summed E-state index contributed by atoms with van der Waals surface area (Å²) in [6.07, 6.45) is 10.8. The number of hydrogen-bond donors (Lipinski definition) is 1. The first-order valence-corrected chi connectivity index (χ1v) is 3.87. The number of nitrogens with two attached hydrogens (primary N) is 1. The minimum absolute atomic E-state index is 0.295. The molecule has 0 bridgehead atoms. The molecule has 11 heavy (non-hydrogen) atoms. The molecule has 0 saturated heterocycles. The van der Waals surface area contributed by atoms with Crippen molar-refractivity contribution in [1.82, 2.24) is 0 Å². The first-order chi connectivity index (χ1) is 5.33. The van der Waals surface area contributed by atoms with E-state index >= 15 is 0 Å². The fourth-order valence-corrected chi connectivity index (χ4v) is 1.21. The highest BCUT2D eigenvalue weighted by atomic mass is 16.1. The van der Waals surface area contributed by atoms with Crippen LogP contribution in [0.4, 0.5) is 0 Å². The third kappa shape index (κ3) is 2.68. The first kappa shape index (κ1) is 8.21. The molecule has 2 N–H and O–H groups in total. The van der Waals surface area contributed by atoms with Crippen LogP contribution in [0.2, 0.25) is 0 Å². The summed E-state index contributed by atoms with van der Waals surface area (Å²) in [4.78, 5) is 10.2. The van der Waals surface area contributed by atoms with Crippen molar-refractivity contribution in [2.45, 2.75) is 18.9 Å². The quantitative estimate of drug-likeness (QED) is 0.612. The minimum atomic E-state index is -0.295. The molecule has 0 saturated carbocycles. The predicted molar refractivity (Wildman–Crippen MR) is 45.0 cm³/mol. The summed E-state index contributed by atoms with van der Waals surface area (Å²) in [5, 5.41) is 0. The Morgan fingerprint density at radius 3 is 3.00 bits per heavy atom. The van der Waals surface area contributed by atoms with E-state index in [0.717, 1.165) is 19.1 Å². The Labute approximate surface area is 66.8 Å². The lowest BCUT2D eigenvalue weighted by Crippen LogP contribution is -2.24. The molecule has 0 aromatic rings. The molecular formula is C9H13NO. The van der Waals surface area contributed by atoms with Crippen molar-refractivity contribution in [3.05, 3.63) is 24.3 Å². The fourth-order valence-electron chi connectivity index (χ4n) is 1.21. The van der Waals surface area contributed by atoms with Crippen molar-refractivity contribution in [3.8, 4) is 0 Å². The molecule has 0 radical (unpaired) electrons. The number of carbonyl (C=O) groups is 1. The Kier molecular flexibility index (Phi) is 3.05. The van der Waals surface area contributed by atoms with Crippen LogP contribution in [-0.2, 0) is 4.79 Å². The lowest BCUT2D eigenvalue weighted by molar-refractivity contribution is -0.109. The zero-order valence-electron chi connectivity index (χ0n) is 6.44. The Hall–Kier alpha value is -0.890. The van der Waals surface area contributed by atoms with Gasteiger partial charge in [-0.1, -0.05) is 24.3 Å². The van der Waals surface area contributed by atoms with Crippen LogP contribution in [0.5, 0.6) is 0 Å². The van der Waals surface area contributed by atoms with E-state index in [9.17, 15) is 4.79 Å². The maximum absolute atomic E-state index is 10.2. The minimum Gasteiger partial charge on any atom is -0.322 e. The molecule has 2 heteroatoms. The number of allylic oxidation sites excluding steroid dienone is 4. The SMILES string of the molecule is NC(C=O)CC1C=CC=CC1. The second kappa shape index (κ2) is 4.09. The van der Waals surface area contributed by atoms with Gasteiger partial charge in [0.25, 0.3) is 0 Å². The summed E-state index contributed by atoms with van der Waals surface area (Å²) in [5.74, 6) is 0.459. The van der Waals surface area contributed by atoms with E-state index in [-0.39, 0.29) is 6.04 Å². The first-order valence-electron chi connectivity index (χ1n) is 3.87. The fraction of sp³-hybridized carbons (Fsp3) is 0.444. The molecule has 0 aromatic heterocycles. The van der Waals surface area contributed by atoms with E-state index < -0.39 is 0 Å². The molecule has 0 heterocycles. The largest absolute Gasteiger partial charge is 0.322 e. The summed E-state index contributed by atoms with van der Waals surface area (Å²) >= 11 is 0. The Balaban J connectivity index is 2.32. The van der Waals surface area contributed by atoms with Crippen LogP contribution in [0, 0.1) is 5.92 Å². The van der Waals surface area contributed by atoms with Gasteiger partial charge in [-0.25, -0.2) is 0 Å². The van der Waals surface area contributed by atoms with Gasteiger partial charge in [0, 0.05) is 0 Å². The van der Waals surface area contributed by atoms with Crippen molar-refractivity contribution in [1.29, 1.82) is 0 Å². The van der Waals surface area contributed by atoms with Gasteiger partial charge in [0.05, 0.1) is 6.04 Å². The lowest BCUT2D eigenvalue weighted by atomic mass is 9.94. The molecular weight excluding hydrogens is 138 g/mol. The van der Waals surface area contributed by atoms with E-state index in [1.54, 1.807) is 0 Å². The predicted octanol–water partition coefficient (Wildman–Crippen LogP) is 1.04. The molecule has 1 aliphatic rings. The molecule has 60 valence electrons. The number of carbonyl (C=O) groups excluding carboxylic acids is 1. The molecule has 1 rings (SSSR count). The van der Waals surface area contributed by atoms with Crippen LogP contribution in [-0.4, -0.2) is 12.3 Å². The van der Waals surface area contributed by atoms with Crippen LogP contribution in [0.25, 0.3) is 0 Å². The lowest BCUT2D eigenvalue weighted by Gasteiger charge is -2.13. The van der Waals surface area contributed by atoms with Crippen LogP contribution in [0.15, 0.2) is 24.3 Å². The van der Waals surface area contributed by atoms with Crippen LogP contribution in [0.1, 0.15) is 12.8 Å². The molecule has 0 amide bonds. The summed E-state index contributed by atoms with van der Waals surface area (Å²) in [6, 6.07) is -0.295. The summed E-state index contributed by atoms with van der Waals surface area (Å²) in [5.41, 5.74) is 5.48. The second-order valence-electron chi connectivity index (χ2n) is 2.84. The van der Waals surface area contributed by atoms with Gasteiger partial charge in [-0.3, -0.25) is 0 Å². The maximum atomic E-state index is 10.2. The van der Waals surface area contributed by atoms with Gasteiger partial charge >= 0.3 is 0 Å². The molecule has 2 atom stereocenters. The third-order valence-electron chi connectivity index (χ3n) is 1.82.